The molecule has 0 amide bonds. The zero-order valence-corrected chi connectivity index (χ0v) is 11.3. The fraction of sp³-hybridized carbons (Fsp3) is 0.462. The van der Waals surface area contributed by atoms with Gasteiger partial charge in [-0.1, -0.05) is 18.2 Å². The zero-order chi connectivity index (χ0) is 13.5. The Hall–Kier alpha value is -1.79. The topological polar surface area (TPSA) is 64.9 Å². The number of para-hydroxylation sites is 1. The summed E-state index contributed by atoms with van der Waals surface area (Å²) in [6.45, 7) is 3.50. The van der Waals surface area contributed by atoms with E-state index in [-0.39, 0.29) is 0 Å². The molecule has 0 aliphatic rings. The molecule has 19 heavy (non-hydrogen) atoms. The average molecular weight is 261 g/mol. The number of nitrogens with one attached hydrogen (secondary N) is 1. The molecule has 6 nitrogen and oxygen atoms in total. The van der Waals surface area contributed by atoms with Crippen molar-refractivity contribution in [2.45, 2.75) is 25.9 Å². The molecule has 0 aliphatic carbocycles. The van der Waals surface area contributed by atoms with Crippen molar-refractivity contribution < 1.29 is 4.74 Å². The van der Waals surface area contributed by atoms with Crippen molar-refractivity contribution in [3.05, 3.63) is 36.2 Å². The summed E-state index contributed by atoms with van der Waals surface area (Å²) in [5.74, 6) is 0.801. The van der Waals surface area contributed by atoms with Gasteiger partial charge in [0.1, 0.15) is 0 Å². The van der Waals surface area contributed by atoms with E-state index in [1.807, 2.05) is 30.3 Å². The number of tetrazole rings is 1. The van der Waals surface area contributed by atoms with Crippen LogP contribution in [0.2, 0.25) is 0 Å². The predicted molar refractivity (Wildman–Crippen MR) is 71.9 cm³/mol. The van der Waals surface area contributed by atoms with Crippen molar-refractivity contribution in [1.82, 2.24) is 25.5 Å². The Morgan fingerprint density at radius 1 is 1.32 bits per heavy atom. The molecule has 0 bridgehead atoms. The molecule has 0 spiro atoms. The largest absolute Gasteiger partial charge is 0.385 e. The molecule has 1 heterocycles. The molecule has 2 rings (SSSR count). The van der Waals surface area contributed by atoms with E-state index in [0.29, 0.717) is 12.6 Å². The second kappa shape index (κ2) is 6.96. The first-order chi connectivity index (χ1) is 9.31. The van der Waals surface area contributed by atoms with Crippen LogP contribution in [0, 0.1) is 0 Å². The number of hydrogen-bond acceptors (Lipinski definition) is 5. The quantitative estimate of drug-likeness (QED) is 0.810. The Kier molecular flexibility index (Phi) is 5.00. The van der Waals surface area contributed by atoms with Crippen molar-refractivity contribution in [1.29, 1.82) is 0 Å². The molecule has 1 N–H and O–H groups in total. The summed E-state index contributed by atoms with van der Waals surface area (Å²) >= 11 is 0. The van der Waals surface area contributed by atoms with E-state index in [1.54, 1.807) is 11.8 Å². The van der Waals surface area contributed by atoms with Crippen LogP contribution in [0.15, 0.2) is 30.3 Å². The fourth-order valence-corrected chi connectivity index (χ4v) is 1.75. The summed E-state index contributed by atoms with van der Waals surface area (Å²) < 4.78 is 6.80. The molecule has 2 aromatic rings. The Balaban J connectivity index is 1.97. The van der Waals surface area contributed by atoms with Gasteiger partial charge >= 0.3 is 0 Å². The minimum atomic E-state index is 0.362. The number of hydrogen-bond donors (Lipinski definition) is 1. The summed E-state index contributed by atoms with van der Waals surface area (Å²) in [4.78, 5) is 0. The van der Waals surface area contributed by atoms with Crippen LogP contribution in [-0.4, -0.2) is 40.0 Å². The number of methoxy groups -OCH3 is 1. The van der Waals surface area contributed by atoms with Gasteiger partial charge in [-0.2, -0.15) is 4.68 Å². The lowest BCUT2D eigenvalue weighted by Crippen LogP contribution is -2.28. The summed E-state index contributed by atoms with van der Waals surface area (Å²) in [5.41, 5.74) is 0.967. The second-order valence-corrected chi connectivity index (χ2v) is 4.41. The van der Waals surface area contributed by atoms with Gasteiger partial charge in [-0.05, 0) is 35.9 Å². The first-order valence-electron chi connectivity index (χ1n) is 6.36. The molecule has 0 aliphatic heterocycles. The average Bonchev–Trinajstić information content (AvgIpc) is 2.92. The third kappa shape index (κ3) is 3.84. The van der Waals surface area contributed by atoms with E-state index in [1.165, 1.54) is 0 Å². The molecule has 0 radical (unpaired) electrons. The number of nitrogens with zero attached hydrogens (tertiary/aromatic N) is 4. The highest BCUT2D eigenvalue weighted by atomic mass is 16.5. The number of ether oxygens (including phenoxy) is 1. The van der Waals surface area contributed by atoms with Crippen LogP contribution in [0.4, 0.5) is 0 Å². The molecule has 1 atom stereocenters. The van der Waals surface area contributed by atoms with Crippen molar-refractivity contribution in [2.75, 3.05) is 13.7 Å². The standard InChI is InChI=1S/C13H19N5O/c1-11(8-9-19-2)14-10-13-15-16-17-18(13)12-6-4-3-5-7-12/h3-7,11,14H,8-10H2,1-2H3. The molecule has 102 valence electrons. The van der Waals surface area contributed by atoms with Crippen LogP contribution >= 0.6 is 0 Å². The lowest BCUT2D eigenvalue weighted by Gasteiger charge is -2.12. The second-order valence-electron chi connectivity index (χ2n) is 4.41. The lowest BCUT2D eigenvalue weighted by molar-refractivity contribution is 0.184. The molecule has 6 heteroatoms. The van der Waals surface area contributed by atoms with Crippen LogP contribution in [0.3, 0.4) is 0 Å². The number of aromatic nitrogens is 4. The maximum Gasteiger partial charge on any atom is 0.170 e. The van der Waals surface area contributed by atoms with Crippen LogP contribution in [0.25, 0.3) is 5.69 Å². The predicted octanol–water partition coefficient (Wildman–Crippen LogP) is 1.18. The highest BCUT2D eigenvalue weighted by Crippen LogP contribution is 2.07. The Morgan fingerprint density at radius 3 is 2.84 bits per heavy atom. The fourth-order valence-electron chi connectivity index (χ4n) is 1.75. The monoisotopic (exact) mass is 261 g/mol. The smallest absolute Gasteiger partial charge is 0.170 e. The first kappa shape index (κ1) is 13.6. The Bertz CT molecular complexity index is 485. The third-order valence-electron chi connectivity index (χ3n) is 2.90. The molecular weight excluding hydrogens is 242 g/mol. The Labute approximate surface area is 112 Å². The SMILES string of the molecule is COCCC(C)NCc1nnnn1-c1ccccc1. The minimum absolute atomic E-state index is 0.362. The van der Waals surface area contributed by atoms with Gasteiger partial charge in [0.2, 0.25) is 0 Å². The van der Waals surface area contributed by atoms with E-state index < -0.39 is 0 Å². The third-order valence-corrected chi connectivity index (χ3v) is 2.90. The van der Waals surface area contributed by atoms with Crippen molar-refractivity contribution in [3.8, 4) is 5.69 Å². The van der Waals surface area contributed by atoms with Crippen LogP contribution in [-0.2, 0) is 11.3 Å². The number of rotatable bonds is 7. The highest BCUT2D eigenvalue weighted by molar-refractivity contribution is 5.30. The summed E-state index contributed by atoms with van der Waals surface area (Å²) in [7, 11) is 1.71. The summed E-state index contributed by atoms with van der Waals surface area (Å²) in [6, 6.07) is 10.2. The van der Waals surface area contributed by atoms with Crippen molar-refractivity contribution >= 4 is 0 Å². The zero-order valence-electron chi connectivity index (χ0n) is 11.3. The van der Waals surface area contributed by atoms with E-state index >= 15 is 0 Å². The van der Waals surface area contributed by atoms with E-state index in [4.69, 9.17) is 4.74 Å². The molecule has 1 aromatic heterocycles. The van der Waals surface area contributed by atoms with Crippen molar-refractivity contribution in [2.24, 2.45) is 0 Å². The molecule has 0 saturated heterocycles. The van der Waals surface area contributed by atoms with Crippen LogP contribution in [0.5, 0.6) is 0 Å². The summed E-state index contributed by atoms with van der Waals surface area (Å²) in [5, 5.41) is 15.2. The highest BCUT2D eigenvalue weighted by Gasteiger charge is 2.09. The van der Waals surface area contributed by atoms with Crippen LogP contribution in [0.1, 0.15) is 19.2 Å². The molecule has 0 fully saturated rings. The molecular formula is C13H19N5O. The van der Waals surface area contributed by atoms with Gasteiger partial charge in [-0.3, -0.25) is 0 Å². The Morgan fingerprint density at radius 2 is 2.11 bits per heavy atom. The minimum Gasteiger partial charge on any atom is -0.385 e. The van der Waals surface area contributed by atoms with E-state index in [0.717, 1.165) is 24.5 Å². The summed E-state index contributed by atoms with van der Waals surface area (Å²) in [6.07, 6.45) is 0.962. The van der Waals surface area contributed by atoms with Crippen molar-refractivity contribution in [3.63, 3.8) is 0 Å². The van der Waals surface area contributed by atoms with E-state index in [2.05, 4.69) is 27.8 Å². The maximum atomic E-state index is 5.06. The lowest BCUT2D eigenvalue weighted by atomic mass is 10.2. The molecule has 1 aromatic carbocycles. The molecule has 1 unspecified atom stereocenters. The first-order valence-corrected chi connectivity index (χ1v) is 6.36. The van der Waals surface area contributed by atoms with E-state index in [9.17, 15) is 0 Å². The van der Waals surface area contributed by atoms with Gasteiger partial charge in [0.15, 0.2) is 5.82 Å². The van der Waals surface area contributed by atoms with Gasteiger partial charge < -0.3 is 10.1 Å². The van der Waals surface area contributed by atoms with Gasteiger partial charge in [-0.15, -0.1) is 5.10 Å². The van der Waals surface area contributed by atoms with Gasteiger partial charge in [-0.25, -0.2) is 0 Å². The maximum absolute atomic E-state index is 5.06. The molecule has 0 saturated carbocycles. The van der Waals surface area contributed by atoms with Gasteiger partial charge in [0.25, 0.3) is 0 Å². The van der Waals surface area contributed by atoms with Gasteiger partial charge in [0.05, 0.1) is 12.2 Å². The normalized spacial score (nSPS) is 12.5. The number of benzene rings is 1. The van der Waals surface area contributed by atoms with Crippen LogP contribution < -0.4 is 5.32 Å². The van der Waals surface area contributed by atoms with Gasteiger partial charge in [0, 0.05) is 19.8 Å².